The largest absolute Gasteiger partial charge is 0.378 e. The zero-order valence-corrected chi connectivity index (χ0v) is 13.3. The van der Waals surface area contributed by atoms with Crippen molar-refractivity contribution < 1.29 is 18.8 Å². The van der Waals surface area contributed by atoms with Crippen molar-refractivity contribution in [3.63, 3.8) is 0 Å². The fourth-order valence-electron chi connectivity index (χ4n) is 2.84. The van der Waals surface area contributed by atoms with E-state index in [1.165, 1.54) is 11.8 Å². The van der Waals surface area contributed by atoms with Crippen LogP contribution in [0, 0.1) is 0 Å². The monoisotopic (exact) mass is 316 g/mol. The van der Waals surface area contributed by atoms with Crippen LogP contribution in [0.2, 0.25) is 0 Å². The quantitative estimate of drug-likeness (QED) is 0.846. The molecule has 6 heteroatoms. The highest BCUT2D eigenvalue weighted by Gasteiger charge is 2.26. The Morgan fingerprint density at radius 1 is 1.43 bits per heavy atom. The summed E-state index contributed by atoms with van der Waals surface area (Å²) in [6.45, 7) is 1.40. The van der Waals surface area contributed by atoms with E-state index in [-0.39, 0.29) is 18.6 Å². The molecule has 1 aliphatic rings. The van der Waals surface area contributed by atoms with E-state index >= 15 is 0 Å². The number of likely N-dealkylation sites (N-methyl/N-ethyl adjacent to an activating group) is 1. The fraction of sp³-hybridized carbons (Fsp3) is 0.412. The lowest BCUT2D eigenvalue weighted by atomic mass is 9.97. The van der Waals surface area contributed by atoms with Gasteiger partial charge in [0.05, 0.1) is 19.8 Å². The van der Waals surface area contributed by atoms with Crippen LogP contribution in [0.4, 0.5) is 0 Å². The predicted molar refractivity (Wildman–Crippen MR) is 83.0 cm³/mol. The lowest BCUT2D eigenvalue weighted by Gasteiger charge is -2.29. The molecular formula is C17H20N2O4. The van der Waals surface area contributed by atoms with Gasteiger partial charge in [0.25, 0.3) is 5.91 Å². The molecule has 3 rings (SSSR count). The van der Waals surface area contributed by atoms with Crippen LogP contribution in [0.15, 0.2) is 35.1 Å². The zero-order chi connectivity index (χ0) is 16.2. The second kappa shape index (κ2) is 6.93. The molecule has 0 saturated carbocycles. The number of ether oxygens (including phenoxy) is 2. The summed E-state index contributed by atoms with van der Waals surface area (Å²) in [4.78, 5) is 14.2. The smallest absolute Gasteiger partial charge is 0.259 e. The minimum absolute atomic E-state index is 0.111. The van der Waals surface area contributed by atoms with Gasteiger partial charge >= 0.3 is 0 Å². The van der Waals surface area contributed by atoms with Crippen LogP contribution in [0.1, 0.15) is 33.3 Å². The third-order valence-electron chi connectivity index (χ3n) is 4.03. The number of aromatic nitrogens is 1. The van der Waals surface area contributed by atoms with Gasteiger partial charge in [0, 0.05) is 14.2 Å². The zero-order valence-electron chi connectivity index (χ0n) is 13.3. The molecule has 1 amide bonds. The Morgan fingerprint density at radius 3 is 3.09 bits per heavy atom. The van der Waals surface area contributed by atoms with Gasteiger partial charge in [0.2, 0.25) is 0 Å². The van der Waals surface area contributed by atoms with Crippen molar-refractivity contribution in [3.8, 4) is 0 Å². The van der Waals surface area contributed by atoms with Crippen molar-refractivity contribution in [2.75, 3.05) is 27.3 Å². The third kappa shape index (κ3) is 3.28. The average Bonchev–Trinajstić information content (AvgIpc) is 3.03. The van der Waals surface area contributed by atoms with E-state index in [4.69, 9.17) is 14.0 Å². The molecule has 6 nitrogen and oxygen atoms in total. The summed E-state index contributed by atoms with van der Waals surface area (Å²) in [5, 5.41) is 3.81. The Labute approximate surface area is 135 Å². The average molecular weight is 316 g/mol. The van der Waals surface area contributed by atoms with E-state index < -0.39 is 0 Å². The van der Waals surface area contributed by atoms with E-state index in [1.807, 2.05) is 12.1 Å². The number of hydrogen-bond donors (Lipinski definition) is 0. The molecule has 1 aromatic carbocycles. The van der Waals surface area contributed by atoms with Crippen molar-refractivity contribution in [2.45, 2.75) is 19.1 Å². The van der Waals surface area contributed by atoms with Crippen molar-refractivity contribution in [2.24, 2.45) is 0 Å². The minimum atomic E-state index is -0.148. The third-order valence-corrected chi connectivity index (χ3v) is 4.03. The molecule has 2 aromatic rings. The molecule has 0 saturated heterocycles. The molecule has 1 atom stereocenters. The van der Waals surface area contributed by atoms with E-state index in [9.17, 15) is 4.79 Å². The molecular weight excluding hydrogens is 296 g/mol. The SMILES string of the molecule is COCc1nocc1C(=O)N(C)CC1OCCc2ccccc21. The predicted octanol–water partition coefficient (Wildman–Crippen LogP) is 2.21. The Balaban J connectivity index is 1.73. The van der Waals surface area contributed by atoms with Crippen LogP contribution in [-0.4, -0.2) is 43.3 Å². The van der Waals surface area contributed by atoms with Gasteiger partial charge in [-0.25, -0.2) is 0 Å². The van der Waals surface area contributed by atoms with Gasteiger partial charge in [0.15, 0.2) is 0 Å². The van der Waals surface area contributed by atoms with Crippen LogP contribution in [-0.2, 0) is 22.5 Å². The summed E-state index contributed by atoms with van der Waals surface area (Å²) >= 11 is 0. The van der Waals surface area contributed by atoms with Crippen molar-refractivity contribution in [1.82, 2.24) is 10.1 Å². The van der Waals surface area contributed by atoms with Crippen LogP contribution in [0.3, 0.4) is 0 Å². The van der Waals surface area contributed by atoms with E-state index in [0.29, 0.717) is 24.4 Å². The summed E-state index contributed by atoms with van der Waals surface area (Å²) < 4.78 is 15.8. The Kier molecular flexibility index (Phi) is 4.73. The molecule has 0 fully saturated rings. The number of methoxy groups -OCH3 is 1. The van der Waals surface area contributed by atoms with Crippen LogP contribution >= 0.6 is 0 Å². The maximum absolute atomic E-state index is 12.6. The maximum atomic E-state index is 12.6. The molecule has 0 spiro atoms. The maximum Gasteiger partial charge on any atom is 0.259 e. The lowest BCUT2D eigenvalue weighted by molar-refractivity contribution is 0.0199. The molecule has 0 radical (unpaired) electrons. The van der Waals surface area contributed by atoms with E-state index in [0.717, 1.165) is 12.0 Å². The van der Waals surface area contributed by atoms with Crippen molar-refractivity contribution in [1.29, 1.82) is 0 Å². The second-order valence-corrected chi connectivity index (χ2v) is 5.60. The number of carbonyl (C=O) groups excluding carboxylic acids is 1. The van der Waals surface area contributed by atoms with Gasteiger partial charge in [0.1, 0.15) is 23.6 Å². The number of carbonyl (C=O) groups is 1. The second-order valence-electron chi connectivity index (χ2n) is 5.60. The highest BCUT2D eigenvalue weighted by Crippen LogP contribution is 2.27. The summed E-state index contributed by atoms with van der Waals surface area (Å²) in [6, 6.07) is 8.21. The number of rotatable bonds is 5. The Bertz CT molecular complexity index is 683. The van der Waals surface area contributed by atoms with Crippen LogP contribution in [0.5, 0.6) is 0 Å². The van der Waals surface area contributed by atoms with Gasteiger partial charge in [-0.05, 0) is 17.5 Å². The molecule has 122 valence electrons. The molecule has 0 bridgehead atoms. The van der Waals surface area contributed by atoms with Gasteiger partial charge < -0.3 is 18.9 Å². The molecule has 1 aromatic heterocycles. The molecule has 0 N–H and O–H groups in total. The van der Waals surface area contributed by atoms with Crippen molar-refractivity contribution >= 4 is 5.91 Å². The summed E-state index contributed by atoms with van der Waals surface area (Å²) in [6.07, 6.45) is 2.16. The first kappa shape index (κ1) is 15.7. The van der Waals surface area contributed by atoms with Gasteiger partial charge in [-0.1, -0.05) is 29.4 Å². The number of fused-ring (bicyclic) bond motifs is 1. The molecule has 2 heterocycles. The summed E-state index contributed by atoms with van der Waals surface area (Å²) in [5.74, 6) is -0.148. The number of amides is 1. The topological polar surface area (TPSA) is 64.8 Å². The number of benzene rings is 1. The van der Waals surface area contributed by atoms with Crippen LogP contribution in [0.25, 0.3) is 0 Å². The molecule has 1 aliphatic heterocycles. The first-order chi connectivity index (χ1) is 11.2. The van der Waals surface area contributed by atoms with Gasteiger partial charge in [-0.3, -0.25) is 4.79 Å². The van der Waals surface area contributed by atoms with E-state index in [2.05, 4.69) is 17.3 Å². The Morgan fingerprint density at radius 2 is 2.26 bits per heavy atom. The van der Waals surface area contributed by atoms with Gasteiger partial charge in [-0.15, -0.1) is 0 Å². The lowest BCUT2D eigenvalue weighted by Crippen LogP contribution is -2.34. The Hall–Kier alpha value is -2.18. The molecule has 23 heavy (non-hydrogen) atoms. The highest BCUT2D eigenvalue weighted by molar-refractivity contribution is 5.94. The first-order valence-electron chi connectivity index (χ1n) is 7.57. The fourth-order valence-corrected chi connectivity index (χ4v) is 2.84. The van der Waals surface area contributed by atoms with Crippen molar-refractivity contribution in [3.05, 3.63) is 52.9 Å². The minimum Gasteiger partial charge on any atom is -0.378 e. The molecule has 0 aliphatic carbocycles. The number of hydrogen-bond acceptors (Lipinski definition) is 5. The van der Waals surface area contributed by atoms with E-state index in [1.54, 1.807) is 19.1 Å². The standard InChI is InChI=1S/C17H20N2O4/c1-19(17(20)14-10-23-18-15(14)11-21-2)9-16-13-6-4-3-5-12(13)7-8-22-16/h3-6,10,16H,7-9,11H2,1-2H3. The van der Waals surface area contributed by atoms with Crippen LogP contribution < -0.4 is 0 Å². The normalized spacial score (nSPS) is 16.9. The van der Waals surface area contributed by atoms with Gasteiger partial charge in [-0.2, -0.15) is 0 Å². The molecule has 1 unspecified atom stereocenters. The highest BCUT2D eigenvalue weighted by atomic mass is 16.5. The summed E-state index contributed by atoms with van der Waals surface area (Å²) in [5.41, 5.74) is 3.38. The number of nitrogens with zero attached hydrogens (tertiary/aromatic N) is 2. The first-order valence-corrected chi connectivity index (χ1v) is 7.57. The summed E-state index contributed by atoms with van der Waals surface area (Å²) in [7, 11) is 3.31.